The average molecular weight is 576 g/mol. The molecule has 0 bridgehead atoms. The molecule has 2 nitrogen and oxygen atoms in total. The molecule has 1 aliphatic heterocycles. The first-order valence-electron chi connectivity index (χ1n) is 14.1. The summed E-state index contributed by atoms with van der Waals surface area (Å²) in [5.41, 5.74) is 3.06. The van der Waals surface area contributed by atoms with Crippen LogP contribution >= 0.6 is 25.3 Å². The smallest absolute Gasteiger partial charge is 0.233 e. The molecular formula is C35H61NOS2. The molecule has 3 unspecified atom stereocenters. The summed E-state index contributed by atoms with van der Waals surface area (Å²) in [5.74, 6) is 0.545. The molecule has 0 radical (unpaired) electrons. The lowest BCUT2D eigenvalue weighted by atomic mass is 9.77. The van der Waals surface area contributed by atoms with E-state index in [2.05, 4.69) is 82.8 Å². The summed E-state index contributed by atoms with van der Waals surface area (Å²) in [7, 11) is 0. The van der Waals surface area contributed by atoms with E-state index in [4.69, 9.17) is 0 Å². The number of likely N-dealkylation sites (tertiary alicyclic amines) is 1. The van der Waals surface area contributed by atoms with Crippen molar-refractivity contribution in [3.63, 3.8) is 0 Å². The first-order chi connectivity index (χ1) is 19.0. The van der Waals surface area contributed by atoms with Crippen molar-refractivity contribution in [1.82, 2.24) is 4.90 Å². The summed E-state index contributed by atoms with van der Waals surface area (Å²) in [6.07, 6.45) is 16.1. The van der Waals surface area contributed by atoms with Gasteiger partial charge in [0.05, 0.1) is 12.0 Å². The summed E-state index contributed by atoms with van der Waals surface area (Å²) < 4.78 is 0. The van der Waals surface area contributed by atoms with Crippen molar-refractivity contribution in [2.45, 2.75) is 87.1 Å². The maximum Gasteiger partial charge on any atom is 0.233 e. The number of β-lactam (4-membered cyclic amide) rings is 1. The van der Waals surface area contributed by atoms with E-state index in [-0.39, 0.29) is 17.9 Å². The van der Waals surface area contributed by atoms with Crippen LogP contribution in [0.2, 0.25) is 0 Å². The number of nitrogens with zero attached hydrogens (tertiary/aromatic N) is 1. The van der Waals surface area contributed by atoms with Crippen LogP contribution in [-0.4, -0.2) is 29.4 Å². The zero-order chi connectivity index (χ0) is 31.8. The number of hydrogen-bond donors (Lipinski definition) is 2. The first-order valence-corrected chi connectivity index (χ1v) is 15.9. The Bertz CT molecular complexity index is 781. The van der Waals surface area contributed by atoms with E-state index in [1.807, 2.05) is 79.7 Å². The van der Waals surface area contributed by atoms with Gasteiger partial charge in [-0.3, -0.25) is 4.79 Å². The molecule has 1 saturated heterocycles. The second-order valence-electron chi connectivity index (χ2n) is 7.16. The third-order valence-corrected chi connectivity index (χ3v) is 5.03. The fourth-order valence-electron chi connectivity index (χ4n) is 3.60. The maximum absolute atomic E-state index is 12.8. The fourth-order valence-corrected chi connectivity index (χ4v) is 3.60. The SMILES string of the molecule is C=C/C=C(\C=C)N1C(=O)C(CCC(C)c2ccccc2)C1C(=C)/C=C\C.C=CC.CC.CC.CC.CS.CS. The third kappa shape index (κ3) is 18.7. The summed E-state index contributed by atoms with van der Waals surface area (Å²) in [6, 6.07) is 10.5. The topological polar surface area (TPSA) is 20.3 Å². The highest BCUT2D eigenvalue weighted by Gasteiger charge is 2.48. The lowest BCUT2D eigenvalue weighted by Crippen LogP contribution is -2.60. The van der Waals surface area contributed by atoms with Crippen LogP contribution in [0.4, 0.5) is 0 Å². The summed E-state index contributed by atoms with van der Waals surface area (Å²) in [6.45, 7) is 33.2. The number of carbonyl (C=O) groups is 1. The van der Waals surface area contributed by atoms with Crippen molar-refractivity contribution < 1.29 is 4.79 Å². The van der Waals surface area contributed by atoms with E-state index in [0.29, 0.717) is 5.92 Å². The molecule has 0 N–H and O–H groups in total. The van der Waals surface area contributed by atoms with Gasteiger partial charge in [-0.2, -0.15) is 25.3 Å². The third-order valence-electron chi connectivity index (χ3n) is 5.03. The average Bonchev–Trinajstić information content (AvgIpc) is 3.01. The highest BCUT2D eigenvalue weighted by molar-refractivity contribution is 7.79. The number of amides is 1. The molecule has 2 rings (SSSR count). The molecule has 1 aliphatic rings. The molecule has 1 aromatic carbocycles. The monoisotopic (exact) mass is 575 g/mol. The van der Waals surface area contributed by atoms with Gasteiger partial charge in [-0.05, 0) is 68.4 Å². The van der Waals surface area contributed by atoms with Gasteiger partial charge < -0.3 is 4.90 Å². The van der Waals surface area contributed by atoms with Crippen LogP contribution in [0.1, 0.15) is 86.6 Å². The minimum atomic E-state index is -0.0296. The Balaban J connectivity index is -0.000000257. The predicted octanol–water partition coefficient (Wildman–Crippen LogP) is 11.1. The van der Waals surface area contributed by atoms with Gasteiger partial charge in [0.25, 0.3) is 0 Å². The lowest BCUT2D eigenvalue weighted by Gasteiger charge is -2.48. The van der Waals surface area contributed by atoms with Crippen molar-refractivity contribution in [3.05, 3.63) is 110 Å². The Morgan fingerprint density at radius 1 is 0.949 bits per heavy atom. The lowest BCUT2D eigenvalue weighted by molar-refractivity contribution is -0.149. The van der Waals surface area contributed by atoms with Gasteiger partial charge in [0, 0.05) is 5.70 Å². The second-order valence-corrected chi connectivity index (χ2v) is 7.16. The van der Waals surface area contributed by atoms with E-state index in [9.17, 15) is 4.79 Å². The maximum atomic E-state index is 12.8. The molecule has 3 atom stereocenters. The van der Waals surface area contributed by atoms with Crippen molar-refractivity contribution in [2.75, 3.05) is 12.5 Å². The standard InChI is InChI=1S/C24H29NO.C3H6.3C2H6.2CH4S/c1-6-12-19(5)23-22(24(26)25(23)21(8-3)13-7-2)17-16-18(4)20-14-10-9-11-15-20;1-3-2;5*1-2/h6-15,18,22-23H,2-3,5,16-17H2,1,4H3;3H,1H2,2H3;3*1-2H3;2*2H,1H3/b12-6-,21-13+;;;;;;. The number of hydrogen-bond acceptors (Lipinski definition) is 3. The quantitative estimate of drug-likeness (QED) is 0.130. The van der Waals surface area contributed by atoms with Gasteiger partial charge in [0.1, 0.15) is 0 Å². The van der Waals surface area contributed by atoms with E-state index < -0.39 is 0 Å². The Labute approximate surface area is 255 Å². The summed E-state index contributed by atoms with van der Waals surface area (Å²) >= 11 is 7.06. The Morgan fingerprint density at radius 2 is 1.41 bits per heavy atom. The van der Waals surface area contributed by atoms with E-state index in [1.54, 1.807) is 35.6 Å². The van der Waals surface area contributed by atoms with Gasteiger partial charge in [0.2, 0.25) is 5.91 Å². The summed E-state index contributed by atoms with van der Waals surface area (Å²) in [4.78, 5) is 14.6. The van der Waals surface area contributed by atoms with Crippen LogP contribution in [0, 0.1) is 5.92 Å². The second kappa shape index (κ2) is 35.8. The van der Waals surface area contributed by atoms with Crippen LogP contribution < -0.4 is 0 Å². The van der Waals surface area contributed by atoms with Crippen molar-refractivity contribution >= 4 is 31.2 Å². The Kier molecular flexibility index (Phi) is 42.9. The highest BCUT2D eigenvalue weighted by atomic mass is 32.1. The molecular weight excluding hydrogens is 515 g/mol. The Morgan fingerprint density at radius 3 is 1.79 bits per heavy atom. The van der Waals surface area contributed by atoms with E-state index in [0.717, 1.165) is 24.1 Å². The molecule has 0 spiro atoms. The van der Waals surface area contributed by atoms with Crippen LogP contribution in [0.15, 0.2) is 104 Å². The number of benzene rings is 1. The number of allylic oxidation sites excluding steroid dienone is 5. The predicted molar refractivity (Wildman–Crippen MR) is 190 cm³/mol. The largest absolute Gasteiger partial charge is 0.304 e. The molecule has 1 amide bonds. The zero-order valence-electron chi connectivity index (χ0n) is 27.1. The molecule has 1 aromatic rings. The van der Waals surface area contributed by atoms with Gasteiger partial charge >= 0.3 is 0 Å². The van der Waals surface area contributed by atoms with Crippen LogP contribution in [0.3, 0.4) is 0 Å². The molecule has 0 aromatic heterocycles. The fraction of sp³-hybridized carbons (Fsp3) is 0.457. The first kappa shape index (κ1) is 46.7. The highest BCUT2D eigenvalue weighted by Crippen LogP contribution is 2.40. The minimum Gasteiger partial charge on any atom is -0.304 e. The van der Waals surface area contributed by atoms with Crippen LogP contribution in [-0.2, 0) is 4.79 Å². The number of thiol groups is 2. The molecule has 39 heavy (non-hydrogen) atoms. The van der Waals surface area contributed by atoms with Gasteiger partial charge in [-0.25, -0.2) is 0 Å². The molecule has 1 heterocycles. The van der Waals surface area contributed by atoms with Crippen molar-refractivity contribution in [1.29, 1.82) is 0 Å². The molecule has 1 fully saturated rings. The zero-order valence-corrected chi connectivity index (χ0v) is 28.9. The van der Waals surface area contributed by atoms with Gasteiger partial charge in [-0.1, -0.05) is 123 Å². The number of rotatable bonds is 9. The van der Waals surface area contributed by atoms with Crippen molar-refractivity contribution in [2.24, 2.45) is 5.92 Å². The van der Waals surface area contributed by atoms with E-state index >= 15 is 0 Å². The minimum absolute atomic E-state index is 0.00845. The summed E-state index contributed by atoms with van der Waals surface area (Å²) in [5, 5.41) is 0. The van der Waals surface area contributed by atoms with Gasteiger partial charge in [0.15, 0.2) is 0 Å². The molecule has 0 saturated carbocycles. The number of carbonyl (C=O) groups excluding carboxylic acids is 1. The molecule has 4 heteroatoms. The molecule has 0 aliphatic carbocycles. The Hall–Kier alpha value is -2.17. The normalized spacial score (nSPS) is 15.4. The van der Waals surface area contributed by atoms with Gasteiger partial charge in [-0.15, -0.1) is 6.58 Å². The van der Waals surface area contributed by atoms with Crippen LogP contribution in [0.5, 0.6) is 0 Å². The van der Waals surface area contributed by atoms with E-state index in [1.165, 1.54) is 5.56 Å². The van der Waals surface area contributed by atoms with Crippen LogP contribution in [0.25, 0.3) is 0 Å². The van der Waals surface area contributed by atoms with Crippen molar-refractivity contribution in [3.8, 4) is 0 Å². The molecule has 224 valence electrons.